The van der Waals surface area contributed by atoms with E-state index in [4.69, 9.17) is 11.6 Å². The van der Waals surface area contributed by atoms with Gasteiger partial charge in [0.1, 0.15) is 5.82 Å². The molecule has 106 valence electrons. The molecule has 0 aliphatic carbocycles. The van der Waals surface area contributed by atoms with E-state index in [9.17, 15) is 9.18 Å². The highest BCUT2D eigenvalue weighted by molar-refractivity contribution is 7.98. The van der Waals surface area contributed by atoms with Crippen LogP contribution in [0.2, 0.25) is 0 Å². The molecule has 2 aromatic rings. The lowest BCUT2D eigenvalue weighted by atomic mass is 10.1. The van der Waals surface area contributed by atoms with Gasteiger partial charge in [0.25, 0.3) is 5.91 Å². The molecule has 0 saturated heterocycles. The Kier molecular flexibility index (Phi) is 4.20. The highest BCUT2D eigenvalue weighted by atomic mass is 32.2. The zero-order chi connectivity index (χ0) is 14.7. The van der Waals surface area contributed by atoms with Gasteiger partial charge in [-0.15, -0.1) is 10.2 Å². The minimum atomic E-state index is -0.473. The standard InChI is InChI=1S/C11H13FN6OS/c1-18-10(13)16-17-11(18)20-5-7-4-6(9(19)15-14)2-3-8(7)12/h2-4H,5,14H2,1H3,(H2,13,16)(H,15,19). The van der Waals surface area contributed by atoms with Gasteiger partial charge in [-0.1, -0.05) is 11.8 Å². The minimum Gasteiger partial charge on any atom is -0.368 e. The van der Waals surface area contributed by atoms with E-state index in [1.807, 2.05) is 5.43 Å². The number of hydrogen-bond donors (Lipinski definition) is 3. The van der Waals surface area contributed by atoms with Gasteiger partial charge in [0.15, 0.2) is 5.16 Å². The van der Waals surface area contributed by atoms with Crippen LogP contribution >= 0.6 is 11.8 Å². The summed E-state index contributed by atoms with van der Waals surface area (Å²) in [6.07, 6.45) is 0. The van der Waals surface area contributed by atoms with Crippen LogP contribution in [0.4, 0.5) is 10.3 Å². The van der Waals surface area contributed by atoms with Crippen LogP contribution in [-0.4, -0.2) is 20.7 Å². The third kappa shape index (κ3) is 2.89. The van der Waals surface area contributed by atoms with Crippen molar-refractivity contribution >= 4 is 23.6 Å². The number of carbonyl (C=O) groups excluding carboxylic acids is 1. The molecule has 0 fully saturated rings. The number of halogens is 1. The summed E-state index contributed by atoms with van der Waals surface area (Å²) in [7, 11) is 1.71. The van der Waals surface area contributed by atoms with Crippen molar-refractivity contribution in [1.82, 2.24) is 20.2 Å². The van der Waals surface area contributed by atoms with E-state index in [0.29, 0.717) is 22.0 Å². The van der Waals surface area contributed by atoms with Crippen LogP contribution in [0.1, 0.15) is 15.9 Å². The lowest BCUT2D eigenvalue weighted by molar-refractivity contribution is 0.0953. The summed E-state index contributed by atoms with van der Waals surface area (Å²) in [4.78, 5) is 11.4. The molecule has 1 amide bonds. The lowest BCUT2D eigenvalue weighted by Gasteiger charge is -2.06. The zero-order valence-corrected chi connectivity index (χ0v) is 11.4. The number of amides is 1. The van der Waals surface area contributed by atoms with Gasteiger partial charge in [0.05, 0.1) is 0 Å². The summed E-state index contributed by atoms with van der Waals surface area (Å²) in [5, 5.41) is 8.13. The Morgan fingerprint density at radius 2 is 2.25 bits per heavy atom. The van der Waals surface area contributed by atoms with Gasteiger partial charge in [0, 0.05) is 18.4 Å². The van der Waals surface area contributed by atoms with Gasteiger partial charge in [-0.25, -0.2) is 10.2 Å². The number of carbonyl (C=O) groups is 1. The molecule has 0 spiro atoms. The first-order valence-corrected chi connectivity index (χ1v) is 6.58. The molecular weight excluding hydrogens is 283 g/mol. The molecule has 1 aromatic carbocycles. The van der Waals surface area contributed by atoms with Crippen molar-refractivity contribution in [3.05, 3.63) is 35.1 Å². The first-order chi connectivity index (χ1) is 9.52. The van der Waals surface area contributed by atoms with Crippen LogP contribution in [0, 0.1) is 5.82 Å². The molecule has 0 bridgehead atoms. The summed E-state index contributed by atoms with van der Waals surface area (Å²) < 4.78 is 15.3. The van der Waals surface area contributed by atoms with E-state index in [0.717, 1.165) is 0 Å². The molecule has 0 unspecified atom stereocenters. The van der Waals surface area contributed by atoms with E-state index in [-0.39, 0.29) is 5.95 Å². The summed E-state index contributed by atoms with van der Waals surface area (Å²) in [6, 6.07) is 4.04. The monoisotopic (exact) mass is 296 g/mol. The first kappa shape index (κ1) is 14.3. The number of rotatable bonds is 4. The van der Waals surface area contributed by atoms with Gasteiger partial charge >= 0.3 is 0 Å². The number of nitrogens with zero attached hydrogens (tertiary/aromatic N) is 3. The third-order valence-corrected chi connectivity index (χ3v) is 3.73. The number of nitrogens with one attached hydrogen (secondary N) is 1. The second kappa shape index (κ2) is 5.88. The SMILES string of the molecule is Cn1c(N)nnc1SCc1cc(C(=O)NN)ccc1F. The first-order valence-electron chi connectivity index (χ1n) is 5.60. The Morgan fingerprint density at radius 3 is 2.85 bits per heavy atom. The van der Waals surface area contributed by atoms with Crippen LogP contribution in [0.25, 0.3) is 0 Å². The van der Waals surface area contributed by atoms with E-state index in [2.05, 4.69) is 10.2 Å². The second-order valence-corrected chi connectivity index (χ2v) is 4.91. The molecule has 5 N–H and O–H groups in total. The van der Waals surface area contributed by atoms with Gasteiger partial charge in [-0.3, -0.25) is 14.8 Å². The zero-order valence-electron chi connectivity index (χ0n) is 10.6. The van der Waals surface area contributed by atoms with Gasteiger partial charge in [-0.05, 0) is 23.8 Å². The molecule has 0 aliphatic rings. The maximum absolute atomic E-state index is 13.7. The van der Waals surface area contributed by atoms with Crippen molar-refractivity contribution in [3.63, 3.8) is 0 Å². The van der Waals surface area contributed by atoms with Crippen molar-refractivity contribution in [1.29, 1.82) is 0 Å². The molecule has 20 heavy (non-hydrogen) atoms. The van der Waals surface area contributed by atoms with Crippen LogP contribution in [0.5, 0.6) is 0 Å². The number of hydrazine groups is 1. The van der Waals surface area contributed by atoms with E-state index in [1.165, 1.54) is 30.0 Å². The lowest BCUT2D eigenvalue weighted by Crippen LogP contribution is -2.30. The number of nitrogens with two attached hydrogens (primary N) is 2. The fraction of sp³-hybridized carbons (Fsp3) is 0.182. The Balaban J connectivity index is 2.16. The number of hydrogen-bond acceptors (Lipinski definition) is 6. The smallest absolute Gasteiger partial charge is 0.265 e. The topological polar surface area (TPSA) is 112 Å². The van der Waals surface area contributed by atoms with Crippen molar-refractivity contribution in [2.24, 2.45) is 12.9 Å². The van der Waals surface area contributed by atoms with Gasteiger partial charge in [-0.2, -0.15) is 0 Å². The number of nitrogen functional groups attached to an aromatic ring is 2. The summed E-state index contributed by atoms with van der Waals surface area (Å²) in [6.45, 7) is 0. The number of aromatic nitrogens is 3. The van der Waals surface area contributed by atoms with E-state index >= 15 is 0 Å². The fourth-order valence-electron chi connectivity index (χ4n) is 1.50. The number of benzene rings is 1. The Hall–Kier alpha value is -2.13. The normalized spacial score (nSPS) is 10.6. The molecule has 1 heterocycles. The van der Waals surface area contributed by atoms with Crippen molar-refractivity contribution in [2.75, 3.05) is 5.73 Å². The van der Waals surface area contributed by atoms with E-state index < -0.39 is 11.7 Å². The fourth-order valence-corrected chi connectivity index (χ4v) is 2.40. The molecule has 0 atom stereocenters. The quantitative estimate of drug-likeness (QED) is 0.326. The maximum Gasteiger partial charge on any atom is 0.265 e. The molecule has 0 aliphatic heterocycles. The summed E-state index contributed by atoms with van der Waals surface area (Å²) >= 11 is 1.27. The number of thioether (sulfide) groups is 1. The van der Waals surface area contributed by atoms with Gasteiger partial charge < -0.3 is 5.73 Å². The molecule has 1 aromatic heterocycles. The third-order valence-electron chi connectivity index (χ3n) is 2.66. The Morgan fingerprint density at radius 1 is 1.50 bits per heavy atom. The average Bonchev–Trinajstić information content (AvgIpc) is 2.77. The molecule has 2 rings (SSSR count). The maximum atomic E-state index is 13.7. The van der Waals surface area contributed by atoms with Crippen molar-refractivity contribution in [2.45, 2.75) is 10.9 Å². The largest absolute Gasteiger partial charge is 0.368 e. The average molecular weight is 296 g/mol. The highest BCUT2D eigenvalue weighted by Gasteiger charge is 2.11. The predicted octanol–water partition coefficient (Wildman–Crippen LogP) is 0.432. The highest BCUT2D eigenvalue weighted by Crippen LogP contribution is 2.23. The summed E-state index contributed by atoms with van der Waals surface area (Å²) in [5.74, 6) is 4.75. The molecular formula is C11H13FN6OS. The van der Waals surface area contributed by atoms with Crippen LogP contribution < -0.4 is 17.0 Å². The van der Waals surface area contributed by atoms with Crippen LogP contribution in [-0.2, 0) is 12.8 Å². The Labute approximate surface area is 118 Å². The van der Waals surface area contributed by atoms with Gasteiger partial charge in [0.2, 0.25) is 5.95 Å². The predicted molar refractivity (Wildman–Crippen MR) is 73.0 cm³/mol. The molecule has 0 radical (unpaired) electrons. The summed E-state index contributed by atoms with van der Waals surface area (Å²) in [5.41, 5.74) is 8.23. The molecule has 0 saturated carbocycles. The van der Waals surface area contributed by atoms with Crippen LogP contribution in [0.3, 0.4) is 0 Å². The Bertz CT molecular complexity index is 644. The molecule has 7 nitrogen and oxygen atoms in total. The second-order valence-electron chi connectivity index (χ2n) is 3.97. The van der Waals surface area contributed by atoms with Crippen LogP contribution in [0.15, 0.2) is 23.4 Å². The van der Waals surface area contributed by atoms with E-state index in [1.54, 1.807) is 11.6 Å². The van der Waals surface area contributed by atoms with Crippen molar-refractivity contribution in [3.8, 4) is 0 Å². The minimum absolute atomic E-state index is 0.282. The number of anilines is 1. The molecule has 9 heteroatoms. The van der Waals surface area contributed by atoms with Crippen molar-refractivity contribution < 1.29 is 9.18 Å².